The molecule has 1 aromatic rings. The molecule has 1 N–H and O–H groups in total. The predicted molar refractivity (Wildman–Crippen MR) is 71.7 cm³/mol. The van der Waals surface area contributed by atoms with Crippen LogP contribution in [-0.4, -0.2) is 30.2 Å². The standard InChI is InChI=1S/C13H13BrN2O2/c1-13(7-18-13)12(17)11-10(6-15-16-11)8-3-2-4-9(14)5-8/h2-5,10,15H,6-7H2,1H3/t10-,13+/m1/s1. The van der Waals surface area contributed by atoms with E-state index in [1.165, 1.54) is 0 Å². The van der Waals surface area contributed by atoms with Crippen molar-refractivity contribution >= 4 is 27.4 Å². The summed E-state index contributed by atoms with van der Waals surface area (Å²) in [4.78, 5) is 12.3. The number of halogens is 1. The molecule has 0 bridgehead atoms. The second-order valence-electron chi connectivity index (χ2n) is 4.82. The molecule has 3 rings (SSSR count). The Bertz CT molecular complexity index is 538. The molecule has 1 aromatic carbocycles. The van der Waals surface area contributed by atoms with Crippen molar-refractivity contribution in [1.82, 2.24) is 5.43 Å². The maximum atomic E-state index is 12.3. The number of nitrogens with one attached hydrogen (secondary N) is 1. The van der Waals surface area contributed by atoms with E-state index >= 15 is 0 Å². The predicted octanol–water partition coefficient (Wildman–Crippen LogP) is 1.85. The number of carbonyl (C=O) groups excluding carboxylic acids is 1. The monoisotopic (exact) mass is 308 g/mol. The number of Topliss-reactive ketones (excluding diaryl/α,β-unsaturated/α-hetero) is 1. The Balaban J connectivity index is 1.89. The van der Waals surface area contributed by atoms with Gasteiger partial charge in [0, 0.05) is 11.0 Å². The van der Waals surface area contributed by atoms with Gasteiger partial charge in [0.15, 0.2) is 5.60 Å². The van der Waals surface area contributed by atoms with Gasteiger partial charge in [-0.3, -0.25) is 4.79 Å². The summed E-state index contributed by atoms with van der Waals surface area (Å²) in [5, 5.41) is 4.15. The van der Waals surface area contributed by atoms with Gasteiger partial charge < -0.3 is 10.2 Å². The third kappa shape index (κ3) is 1.97. The molecule has 1 saturated heterocycles. The van der Waals surface area contributed by atoms with E-state index in [4.69, 9.17) is 4.74 Å². The van der Waals surface area contributed by atoms with Gasteiger partial charge in [-0.1, -0.05) is 28.1 Å². The minimum Gasteiger partial charge on any atom is -0.361 e. The zero-order valence-corrected chi connectivity index (χ0v) is 11.5. The summed E-state index contributed by atoms with van der Waals surface area (Å²) in [5.74, 6) is 0.00787. The lowest BCUT2D eigenvalue weighted by Gasteiger charge is -2.13. The topological polar surface area (TPSA) is 54.0 Å². The van der Waals surface area contributed by atoms with E-state index in [1.807, 2.05) is 31.2 Å². The van der Waals surface area contributed by atoms with Crippen LogP contribution in [0.3, 0.4) is 0 Å². The molecule has 0 aromatic heterocycles. The number of ketones is 1. The lowest BCUT2D eigenvalue weighted by Crippen LogP contribution is -2.32. The molecule has 0 radical (unpaired) electrons. The van der Waals surface area contributed by atoms with Gasteiger partial charge >= 0.3 is 0 Å². The van der Waals surface area contributed by atoms with Crippen LogP contribution in [0.15, 0.2) is 33.8 Å². The quantitative estimate of drug-likeness (QED) is 0.867. The van der Waals surface area contributed by atoms with Crippen molar-refractivity contribution in [2.24, 2.45) is 5.10 Å². The average Bonchev–Trinajstić information content (AvgIpc) is 2.94. The first-order chi connectivity index (χ1) is 8.60. The number of rotatable bonds is 3. The Morgan fingerprint density at radius 1 is 1.61 bits per heavy atom. The second kappa shape index (κ2) is 4.17. The molecule has 94 valence electrons. The molecule has 0 amide bonds. The molecule has 0 saturated carbocycles. The van der Waals surface area contributed by atoms with Gasteiger partial charge in [0.05, 0.1) is 12.5 Å². The Morgan fingerprint density at radius 2 is 2.39 bits per heavy atom. The molecule has 2 atom stereocenters. The molecule has 1 fully saturated rings. The summed E-state index contributed by atoms with van der Waals surface area (Å²) in [6, 6.07) is 7.98. The number of hydrazone groups is 1. The zero-order chi connectivity index (χ0) is 12.8. The molecule has 2 aliphatic rings. The fourth-order valence-corrected chi connectivity index (χ4v) is 2.53. The summed E-state index contributed by atoms with van der Waals surface area (Å²) in [6.45, 7) is 2.97. The van der Waals surface area contributed by atoms with Crippen molar-refractivity contribution in [3.8, 4) is 0 Å². The highest BCUT2D eigenvalue weighted by Gasteiger charge is 2.51. The number of hydrogen-bond donors (Lipinski definition) is 1. The fraction of sp³-hybridized carbons (Fsp3) is 0.385. The molecular weight excluding hydrogens is 296 g/mol. The molecule has 0 unspecified atom stereocenters. The van der Waals surface area contributed by atoms with Gasteiger partial charge in [-0.15, -0.1) is 0 Å². The number of nitrogens with zero attached hydrogens (tertiary/aromatic N) is 1. The van der Waals surface area contributed by atoms with E-state index in [0.717, 1.165) is 10.0 Å². The number of hydrogen-bond acceptors (Lipinski definition) is 4. The van der Waals surface area contributed by atoms with Crippen molar-refractivity contribution in [2.45, 2.75) is 18.4 Å². The maximum Gasteiger partial charge on any atom is 0.213 e. The van der Waals surface area contributed by atoms with Crippen molar-refractivity contribution in [1.29, 1.82) is 0 Å². The number of ether oxygens (including phenoxy) is 1. The molecule has 2 aliphatic heterocycles. The minimum atomic E-state index is -0.644. The highest BCUT2D eigenvalue weighted by atomic mass is 79.9. The van der Waals surface area contributed by atoms with Gasteiger partial charge in [0.2, 0.25) is 5.78 Å². The minimum absolute atomic E-state index is 0.00234. The van der Waals surface area contributed by atoms with Crippen LogP contribution >= 0.6 is 15.9 Å². The summed E-state index contributed by atoms with van der Waals surface area (Å²) < 4.78 is 6.22. The summed E-state index contributed by atoms with van der Waals surface area (Å²) in [7, 11) is 0. The van der Waals surface area contributed by atoms with Crippen LogP contribution in [0.1, 0.15) is 18.4 Å². The summed E-state index contributed by atoms with van der Waals surface area (Å²) in [6.07, 6.45) is 0. The smallest absolute Gasteiger partial charge is 0.213 e. The highest BCUT2D eigenvalue weighted by Crippen LogP contribution is 2.32. The third-order valence-corrected chi connectivity index (χ3v) is 3.86. The maximum absolute atomic E-state index is 12.3. The number of benzene rings is 1. The van der Waals surface area contributed by atoms with Gasteiger partial charge in [-0.2, -0.15) is 5.10 Å². The van der Waals surface area contributed by atoms with Crippen molar-refractivity contribution in [2.75, 3.05) is 13.2 Å². The Morgan fingerprint density at radius 3 is 3.06 bits per heavy atom. The van der Waals surface area contributed by atoms with Crippen LogP contribution in [0.5, 0.6) is 0 Å². The van der Waals surface area contributed by atoms with Crippen LogP contribution in [0.25, 0.3) is 0 Å². The molecule has 5 heteroatoms. The Kier molecular flexibility index (Phi) is 2.75. The molecule has 4 nitrogen and oxygen atoms in total. The van der Waals surface area contributed by atoms with E-state index in [1.54, 1.807) is 0 Å². The SMILES string of the molecule is C[C@@]1(C(=O)C2=NNC[C@@H]2c2cccc(Br)c2)CO1. The largest absolute Gasteiger partial charge is 0.361 e. The number of carbonyl (C=O) groups is 1. The molecule has 0 aliphatic carbocycles. The van der Waals surface area contributed by atoms with E-state index in [-0.39, 0.29) is 11.7 Å². The second-order valence-corrected chi connectivity index (χ2v) is 5.73. The van der Waals surface area contributed by atoms with Crippen LogP contribution in [0.2, 0.25) is 0 Å². The lowest BCUT2D eigenvalue weighted by molar-refractivity contribution is -0.117. The first kappa shape index (κ1) is 11.9. The van der Waals surface area contributed by atoms with E-state index in [2.05, 4.69) is 26.5 Å². The average molecular weight is 309 g/mol. The van der Waals surface area contributed by atoms with Crippen LogP contribution in [0, 0.1) is 0 Å². The Hall–Kier alpha value is -1.20. The molecule has 2 heterocycles. The first-order valence-corrected chi connectivity index (χ1v) is 6.64. The van der Waals surface area contributed by atoms with Gasteiger partial charge in [-0.25, -0.2) is 0 Å². The van der Waals surface area contributed by atoms with Crippen LogP contribution in [-0.2, 0) is 9.53 Å². The molecule has 0 spiro atoms. The van der Waals surface area contributed by atoms with Crippen LogP contribution in [0.4, 0.5) is 0 Å². The zero-order valence-electron chi connectivity index (χ0n) is 9.94. The van der Waals surface area contributed by atoms with Crippen molar-refractivity contribution < 1.29 is 9.53 Å². The lowest BCUT2D eigenvalue weighted by atomic mass is 9.89. The van der Waals surface area contributed by atoms with E-state index in [0.29, 0.717) is 18.9 Å². The van der Waals surface area contributed by atoms with Gasteiger partial charge in [0.25, 0.3) is 0 Å². The number of epoxide rings is 1. The summed E-state index contributed by atoms with van der Waals surface area (Å²) in [5.41, 5.74) is 3.94. The molecular formula is C13H13BrN2O2. The Labute approximate surface area is 114 Å². The van der Waals surface area contributed by atoms with Gasteiger partial charge in [0.1, 0.15) is 5.71 Å². The van der Waals surface area contributed by atoms with E-state index < -0.39 is 5.60 Å². The summed E-state index contributed by atoms with van der Waals surface area (Å²) >= 11 is 3.45. The highest BCUT2D eigenvalue weighted by molar-refractivity contribution is 9.10. The first-order valence-electron chi connectivity index (χ1n) is 5.85. The normalized spacial score (nSPS) is 29.7. The van der Waals surface area contributed by atoms with Crippen molar-refractivity contribution in [3.63, 3.8) is 0 Å². The van der Waals surface area contributed by atoms with E-state index in [9.17, 15) is 4.79 Å². The van der Waals surface area contributed by atoms with Gasteiger partial charge in [-0.05, 0) is 24.6 Å². The fourth-order valence-electron chi connectivity index (χ4n) is 2.12. The molecule has 18 heavy (non-hydrogen) atoms. The van der Waals surface area contributed by atoms with Crippen molar-refractivity contribution in [3.05, 3.63) is 34.3 Å². The van der Waals surface area contributed by atoms with Crippen LogP contribution < -0.4 is 5.43 Å². The third-order valence-electron chi connectivity index (χ3n) is 3.37.